The van der Waals surface area contributed by atoms with Gasteiger partial charge in [0.05, 0.1) is 0 Å². The van der Waals surface area contributed by atoms with E-state index in [2.05, 4.69) is 31.1 Å². The van der Waals surface area contributed by atoms with Crippen LogP contribution in [0.4, 0.5) is 0 Å². The number of nitrogens with zero attached hydrogens (tertiary/aromatic N) is 1. The Morgan fingerprint density at radius 3 is 2.86 bits per heavy atom. The van der Waals surface area contributed by atoms with Crippen LogP contribution in [-0.4, -0.2) is 23.3 Å². The zero-order valence-corrected chi connectivity index (χ0v) is 10.6. The SMILES string of the molecule is CCNC(CSc1nccs1)C(C)C. The molecule has 4 heteroatoms. The zero-order chi connectivity index (χ0) is 10.4. The summed E-state index contributed by atoms with van der Waals surface area (Å²) >= 11 is 3.57. The average molecular weight is 230 g/mol. The van der Waals surface area contributed by atoms with Crippen LogP contribution in [0, 0.1) is 5.92 Å². The first-order chi connectivity index (χ1) is 6.74. The smallest absolute Gasteiger partial charge is 0.149 e. The van der Waals surface area contributed by atoms with Gasteiger partial charge in [-0.1, -0.05) is 32.5 Å². The van der Waals surface area contributed by atoms with Crippen LogP contribution in [0.25, 0.3) is 0 Å². The minimum atomic E-state index is 0.592. The summed E-state index contributed by atoms with van der Waals surface area (Å²) in [4.78, 5) is 4.26. The second-order valence-corrected chi connectivity index (χ2v) is 5.68. The molecule has 0 bridgehead atoms. The number of aromatic nitrogens is 1. The second-order valence-electron chi connectivity index (χ2n) is 3.52. The first-order valence-corrected chi connectivity index (χ1v) is 6.86. The molecule has 0 saturated carbocycles. The van der Waals surface area contributed by atoms with Gasteiger partial charge in [0.15, 0.2) is 0 Å². The van der Waals surface area contributed by atoms with Crippen LogP contribution in [-0.2, 0) is 0 Å². The van der Waals surface area contributed by atoms with E-state index in [-0.39, 0.29) is 0 Å². The van der Waals surface area contributed by atoms with Gasteiger partial charge in [0.2, 0.25) is 0 Å². The molecule has 14 heavy (non-hydrogen) atoms. The molecular formula is C10H18N2S2. The van der Waals surface area contributed by atoms with Crippen LogP contribution in [0.5, 0.6) is 0 Å². The number of nitrogens with one attached hydrogen (secondary N) is 1. The molecule has 1 unspecified atom stereocenters. The Bertz CT molecular complexity index is 234. The zero-order valence-electron chi connectivity index (χ0n) is 8.99. The van der Waals surface area contributed by atoms with Crippen LogP contribution >= 0.6 is 23.1 Å². The highest BCUT2D eigenvalue weighted by Crippen LogP contribution is 2.22. The molecule has 80 valence electrons. The Morgan fingerprint density at radius 2 is 2.36 bits per heavy atom. The average Bonchev–Trinajstić information content (AvgIpc) is 2.64. The van der Waals surface area contributed by atoms with Crippen LogP contribution in [0.3, 0.4) is 0 Å². The fourth-order valence-electron chi connectivity index (χ4n) is 1.19. The predicted molar refractivity (Wildman–Crippen MR) is 65.1 cm³/mol. The number of thiazole rings is 1. The standard InChI is InChI=1S/C10H18N2S2/c1-4-11-9(8(2)3)7-14-10-12-5-6-13-10/h5-6,8-9,11H,4,7H2,1-3H3. The Morgan fingerprint density at radius 1 is 1.57 bits per heavy atom. The molecule has 1 atom stereocenters. The molecule has 0 spiro atoms. The fraction of sp³-hybridized carbons (Fsp3) is 0.700. The van der Waals surface area contributed by atoms with Crippen molar-refractivity contribution in [1.29, 1.82) is 0 Å². The second kappa shape index (κ2) is 6.43. The Hall–Kier alpha value is -0.0600. The highest BCUT2D eigenvalue weighted by Gasteiger charge is 2.12. The topological polar surface area (TPSA) is 24.9 Å². The van der Waals surface area contributed by atoms with Crippen LogP contribution in [0.2, 0.25) is 0 Å². The van der Waals surface area contributed by atoms with Crippen molar-refractivity contribution in [2.24, 2.45) is 5.92 Å². The molecular weight excluding hydrogens is 212 g/mol. The van der Waals surface area contributed by atoms with Gasteiger partial charge in [-0.2, -0.15) is 0 Å². The molecule has 1 aromatic heterocycles. The molecule has 1 N–H and O–H groups in total. The first kappa shape index (κ1) is 12.0. The van der Waals surface area contributed by atoms with Crippen LogP contribution in [0.15, 0.2) is 15.9 Å². The van der Waals surface area contributed by atoms with E-state index in [0.717, 1.165) is 12.3 Å². The van der Waals surface area contributed by atoms with Gasteiger partial charge in [-0.25, -0.2) is 4.98 Å². The third kappa shape index (κ3) is 3.98. The van der Waals surface area contributed by atoms with E-state index in [1.54, 1.807) is 11.3 Å². The highest BCUT2D eigenvalue weighted by atomic mass is 32.2. The van der Waals surface area contributed by atoms with E-state index in [1.165, 1.54) is 4.34 Å². The molecule has 0 saturated heterocycles. The van der Waals surface area contributed by atoms with Gasteiger partial charge < -0.3 is 5.32 Å². The van der Waals surface area contributed by atoms with Gasteiger partial charge in [-0.15, -0.1) is 11.3 Å². The molecule has 1 rings (SSSR count). The lowest BCUT2D eigenvalue weighted by molar-refractivity contribution is 0.443. The van der Waals surface area contributed by atoms with E-state index in [9.17, 15) is 0 Å². The molecule has 1 heterocycles. The summed E-state index contributed by atoms with van der Waals surface area (Å²) in [6.07, 6.45) is 1.87. The Labute approximate surface area is 94.5 Å². The molecule has 0 aromatic carbocycles. The fourth-order valence-corrected chi connectivity index (χ4v) is 3.16. The summed E-state index contributed by atoms with van der Waals surface area (Å²) in [6, 6.07) is 0.592. The molecule has 2 nitrogen and oxygen atoms in total. The normalized spacial score (nSPS) is 13.4. The van der Waals surface area contributed by atoms with Gasteiger partial charge in [0.25, 0.3) is 0 Å². The maximum absolute atomic E-state index is 4.26. The lowest BCUT2D eigenvalue weighted by atomic mass is 10.1. The summed E-state index contributed by atoms with van der Waals surface area (Å²) in [5.41, 5.74) is 0. The summed E-state index contributed by atoms with van der Waals surface area (Å²) in [6.45, 7) is 7.72. The van der Waals surface area contributed by atoms with Crippen molar-refractivity contribution in [2.45, 2.75) is 31.2 Å². The van der Waals surface area contributed by atoms with Crippen molar-refractivity contribution in [1.82, 2.24) is 10.3 Å². The number of hydrogen-bond donors (Lipinski definition) is 1. The van der Waals surface area contributed by atoms with Crippen molar-refractivity contribution in [3.63, 3.8) is 0 Å². The Kier molecular flexibility index (Phi) is 5.52. The van der Waals surface area contributed by atoms with Gasteiger partial charge >= 0.3 is 0 Å². The van der Waals surface area contributed by atoms with Crippen molar-refractivity contribution < 1.29 is 0 Å². The van der Waals surface area contributed by atoms with Crippen molar-refractivity contribution >= 4 is 23.1 Å². The Balaban J connectivity index is 2.33. The summed E-state index contributed by atoms with van der Waals surface area (Å²) in [5, 5.41) is 5.53. The number of thioether (sulfide) groups is 1. The van der Waals surface area contributed by atoms with E-state index in [1.807, 2.05) is 23.3 Å². The third-order valence-corrected chi connectivity index (χ3v) is 4.15. The van der Waals surface area contributed by atoms with Gasteiger partial charge in [0, 0.05) is 23.4 Å². The van der Waals surface area contributed by atoms with E-state index in [0.29, 0.717) is 12.0 Å². The maximum Gasteiger partial charge on any atom is 0.149 e. The molecule has 0 radical (unpaired) electrons. The molecule has 0 aliphatic rings. The molecule has 0 aliphatic carbocycles. The van der Waals surface area contributed by atoms with Gasteiger partial charge in [0.1, 0.15) is 4.34 Å². The monoisotopic (exact) mass is 230 g/mol. The maximum atomic E-state index is 4.26. The van der Waals surface area contributed by atoms with E-state index in [4.69, 9.17) is 0 Å². The van der Waals surface area contributed by atoms with Crippen molar-refractivity contribution in [3.05, 3.63) is 11.6 Å². The predicted octanol–water partition coefficient (Wildman–Crippen LogP) is 2.87. The summed E-state index contributed by atoms with van der Waals surface area (Å²) < 4.78 is 1.17. The minimum Gasteiger partial charge on any atom is -0.313 e. The van der Waals surface area contributed by atoms with Crippen LogP contribution < -0.4 is 5.32 Å². The molecule has 1 aromatic rings. The lowest BCUT2D eigenvalue weighted by Crippen LogP contribution is -2.35. The van der Waals surface area contributed by atoms with Crippen LogP contribution in [0.1, 0.15) is 20.8 Å². The molecule has 0 aliphatic heterocycles. The highest BCUT2D eigenvalue weighted by molar-refractivity contribution is 8.01. The lowest BCUT2D eigenvalue weighted by Gasteiger charge is -2.20. The van der Waals surface area contributed by atoms with Crippen molar-refractivity contribution in [2.75, 3.05) is 12.3 Å². The number of rotatable bonds is 6. The third-order valence-electron chi connectivity index (χ3n) is 2.07. The van der Waals surface area contributed by atoms with Crippen molar-refractivity contribution in [3.8, 4) is 0 Å². The molecule has 0 amide bonds. The van der Waals surface area contributed by atoms with Gasteiger partial charge in [-0.05, 0) is 12.5 Å². The summed E-state index contributed by atoms with van der Waals surface area (Å²) in [5.74, 6) is 1.79. The van der Waals surface area contributed by atoms with Gasteiger partial charge in [-0.3, -0.25) is 0 Å². The molecule has 0 fully saturated rings. The van der Waals surface area contributed by atoms with E-state index >= 15 is 0 Å². The first-order valence-electron chi connectivity index (χ1n) is 4.99. The number of hydrogen-bond acceptors (Lipinski definition) is 4. The summed E-state index contributed by atoms with van der Waals surface area (Å²) in [7, 11) is 0. The largest absolute Gasteiger partial charge is 0.313 e. The quantitative estimate of drug-likeness (QED) is 0.761. The minimum absolute atomic E-state index is 0.592. The van der Waals surface area contributed by atoms with E-state index < -0.39 is 0 Å².